The van der Waals surface area contributed by atoms with Crippen molar-refractivity contribution in [2.75, 3.05) is 19.8 Å². The lowest BCUT2D eigenvalue weighted by atomic mass is 9.94. The summed E-state index contributed by atoms with van der Waals surface area (Å²) < 4.78 is 178. The SMILES string of the molecule is CCOCC1CCC(c2cc(F)c(C(F)(F)Oc3ccc(-c4cc(F)c(C(F)(F)Oc5ccc(/C=C/C(F)(F)F)cc5)c(Cl)c4)c(F)c3)c(F)c2)OC1. The first kappa shape index (κ1) is 39.9. The third-order valence-corrected chi connectivity index (χ3v) is 8.37. The van der Waals surface area contributed by atoms with Crippen molar-refractivity contribution in [2.24, 2.45) is 5.92 Å². The highest BCUT2D eigenvalue weighted by atomic mass is 35.5. The Morgan fingerprint density at radius 3 is 1.91 bits per heavy atom. The number of allylic oxidation sites excluding steroid dienone is 1. The summed E-state index contributed by atoms with van der Waals surface area (Å²) in [5.74, 6) is -7.63. The van der Waals surface area contributed by atoms with Crippen molar-refractivity contribution in [2.45, 2.75) is 44.3 Å². The molecule has 0 saturated carbocycles. The van der Waals surface area contributed by atoms with Crippen molar-refractivity contribution in [1.29, 1.82) is 0 Å². The van der Waals surface area contributed by atoms with Crippen molar-refractivity contribution < 1.29 is 67.2 Å². The molecule has 4 aromatic carbocycles. The van der Waals surface area contributed by atoms with Gasteiger partial charge in [0.2, 0.25) is 0 Å². The van der Waals surface area contributed by atoms with Gasteiger partial charge in [0, 0.05) is 30.2 Å². The molecule has 1 aliphatic rings. The van der Waals surface area contributed by atoms with E-state index in [0.717, 1.165) is 42.5 Å². The number of rotatable bonds is 12. The summed E-state index contributed by atoms with van der Waals surface area (Å²) in [6.45, 7) is 3.03. The minimum atomic E-state index is -4.64. The minimum absolute atomic E-state index is 0.000403. The minimum Gasteiger partial charge on any atom is -0.429 e. The first-order valence-corrected chi connectivity index (χ1v) is 16.2. The molecule has 0 spiro atoms. The Kier molecular flexibility index (Phi) is 12.0. The highest BCUT2D eigenvalue weighted by Crippen LogP contribution is 2.42. The van der Waals surface area contributed by atoms with Gasteiger partial charge in [-0.1, -0.05) is 29.8 Å². The van der Waals surface area contributed by atoms with Gasteiger partial charge in [0.05, 0.1) is 24.3 Å². The zero-order valence-electron chi connectivity index (χ0n) is 27.4. The van der Waals surface area contributed by atoms with Crippen LogP contribution in [0.5, 0.6) is 11.5 Å². The Labute approximate surface area is 300 Å². The van der Waals surface area contributed by atoms with Gasteiger partial charge in [-0.2, -0.15) is 30.7 Å². The fourth-order valence-electron chi connectivity index (χ4n) is 5.58. The zero-order valence-corrected chi connectivity index (χ0v) is 28.1. The molecule has 2 unspecified atom stereocenters. The van der Waals surface area contributed by atoms with Crippen LogP contribution >= 0.6 is 11.6 Å². The van der Waals surface area contributed by atoms with E-state index in [-0.39, 0.29) is 29.7 Å². The van der Waals surface area contributed by atoms with Gasteiger partial charge in [-0.3, -0.25) is 0 Å². The summed E-state index contributed by atoms with van der Waals surface area (Å²) >= 11 is 5.95. The lowest BCUT2D eigenvalue weighted by Crippen LogP contribution is -2.27. The largest absolute Gasteiger partial charge is 0.432 e. The second-order valence-electron chi connectivity index (χ2n) is 11.9. The fourth-order valence-corrected chi connectivity index (χ4v) is 5.90. The lowest BCUT2D eigenvalue weighted by Gasteiger charge is -2.29. The number of hydrogen-bond acceptors (Lipinski definition) is 4. The molecule has 53 heavy (non-hydrogen) atoms. The normalized spacial score (nSPS) is 17.0. The molecule has 0 bridgehead atoms. The predicted octanol–water partition coefficient (Wildman–Crippen LogP) is 11.9. The first-order valence-electron chi connectivity index (χ1n) is 15.8. The van der Waals surface area contributed by atoms with Gasteiger partial charge in [0.25, 0.3) is 0 Å². The molecule has 16 heteroatoms. The average molecular weight is 781 g/mol. The second-order valence-corrected chi connectivity index (χ2v) is 12.3. The Morgan fingerprint density at radius 1 is 0.736 bits per heavy atom. The molecular formula is C37H28ClF11O4. The summed E-state index contributed by atoms with van der Waals surface area (Å²) in [4.78, 5) is 0. The summed E-state index contributed by atoms with van der Waals surface area (Å²) in [5.41, 5.74) is -4.11. The molecule has 0 aliphatic carbocycles. The molecule has 1 fully saturated rings. The molecule has 5 rings (SSSR count). The average Bonchev–Trinajstić information content (AvgIpc) is 3.05. The van der Waals surface area contributed by atoms with Crippen LogP contribution < -0.4 is 9.47 Å². The molecule has 1 saturated heterocycles. The van der Waals surface area contributed by atoms with Crippen LogP contribution in [-0.4, -0.2) is 26.0 Å². The van der Waals surface area contributed by atoms with E-state index in [9.17, 15) is 22.0 Å². The van der Waals surface area contributed by atoms with E-state index in [1.165, 1.54) is 0 Å². The standard InChI is InChI=1S/C37H28ClF11O4/c1-2-50-18-21-5-10-32(51-19-21)23-15-30(41)34(31(42)16-23)37(48,49)53-25-8-9-26(28(39)17-25)22-13-27(38)33(29(40)14-22)36(46,47)52-24-6-3-20(4-7-24)11-12-35(43,44)45/h3-4,6-9,11-17,21,32H,2,5,10,18-19H2,1H3/b12-11+. The van der Waals surface area contributed by atoms with Crippen LogP contribution in [0.1, 0.15) is 48.1 Å². The molecule has 4 aromatic rings. The van der Waals surface area contributed by atoms with Crippen molar-refractivity contribution in [1.82, 2.24) is 0 Å². The van der Waals surface area contributed by atoms with Gasteiger partial charge < -0.3 is 18.9 Å². The van der Waals surface area contributed by atoms with E-state index >= 15 is 26.3 Å². The Morgan fingerprint density at radius 2 is 1.34 bits per heavy atom. The summed E-state index contributed by atoms with van der Waals surface area (Å²) in [7, 11) is 0. The molecule has 4 nitrogen and oxygen atoms in total. The maximum absolute atomic E-state index is 15.2. The maximum atomic E-state index is 15.2. The van der Waals surface area contributed by atoms with Crippen molar-refractivity contribution in [3.63, 3.8) is 0 Å². The van der Waals surface area contributed by atoms with Gasteiger partial charge in [-0.25, -0.2) is 17.6 Å². The van der Waals surface area contributed by atoms with E-state index in [1.54, 1.807) is 0 Å². The lowest BCUT2D eigenvalue weighted by molar-refractivity contribution is -0.189. The third-order valence-electron chi connectivity index (χ3n) is 8.08. The summed E-state index contributed by atoms with van der Waals surface area (Å²) in [6, 6.07) is 8.54. The number of ether oxygens (including phenoxy) is 4. The van der Waals surface area contributed by atoms with E-state index in [1.807, 2.05) is 6.92 Å². The number of hydrogen-bond donors (Lipinski definition) is 0. The van der Waals surface area contributed by atoms with Crippen LogP contribution in [0.2, 0.25) is 5.02 Å². The van der Waals surface area contributed by atoms with Gasteiger partial charge in [0.15, 0.2) is 0 Å². The van der Waals surface area contributed by atoms with Crippen LogP contribution in [0.25, 0.3) is 17.2 Å². The molecule has 0 aromatic heterocycles. The Hall–Kier alpha value is -4.34. The third kappa shape index (κ3) is 9.81. The van der Waals surface area contributed by atoms with Gasteiger partial charge in [0.1, 0.15) is 45.9 Å². The van der Waals surface area contributed by atoms with Crippen LogP contribution in [0.3, 0.4) is 0 Å². The van der Waals surface area contributed by atoms with E-state index in [0.29, 0.717) is 56.4 Å². The highest BCUT2D eigenvalue weighted by Gasteiger charge is 2.43. The maximum Gasteiger partial charge on any atom is 0.432 e. The monoisotopic (exact) mass is 780 g/mol. The van der Waals surface area contributed by atoms with Crippen LogP contribution in [0, 0.1) is 29.2 Å². The zero-order chi connectivity index (χ0) is 38.7. The molecule has 1 aliphatic heterocycles. The van der Waals surface area contributed by atoms with Crippen molar-refractivity contribution >= 4 is 17.7 Å². The van der Waals surface area contributed by atoms with Gasteiger partial charge >= 0.3 is 18.4 Å². The summed E-state index contributed by atoms with van der Waals surface area (Å²) in [5, 5.41) is -0.931. The quantitative estimate of drug-likeness (QED) is 0.134. The number of alkyl halides is 7. The van der Waals surface area contributed by atoms with Crippen molar-refractivity contribution in [3.8, 4) is 22.6 Å². The first-order chi connectivity index (χ1) is 24.9. The molecule has 0 N–H and O–H groups in total. The smallest absolute Gasteiger partial charge is 0.429 e. The number of halogens is 12. The van der Waals surface area contributed by atoms with E-state index in [2.05, 4.69) is 9.47 Å². The van der Waals surface area contributed by atoms with Crippen LogP contribution in [-0.2, 0) is 21.7 Å². The van der Waals surface area contributed by atoms with Gasteiger partial charge in [-0.15, -0.1) is 0 Å². The fraction of sp³-hybridized carbons (Fsp3) is 0.297. The Balaban J connectivity index is 1.29. The molecule has 1 heterocycles. The number of benzene rings is 4. The van der Waals surface area contributed by atoms with Crippen LogP contribution in [0.15, 0.2) is 72.8 Å². The van der Waals surface area contributed by atoms with Crippen molar-refractivity contribution in [3.05, 3.63) is 123 Å². The van der Waals surface area contributed by atoms with E-state index < -0.39 is 86.5 Å². The molecular weight excluding hydrogens is 753 g/mol. The molecule has 2 atom stereocenters. The molecule has 284 valence electrons. The summed E-state index contributed by atoms with van der Waals surface area (Å²) in [6.07, 6.45) is -12.8. The molecule has 0 amide bonds. The Bertz CT molecular complexity index is 1890. The topological polar surface area (TPSA) is 36.9 Å². The van der Waals surface area contributed by atoms with E-state index in [4.69, 9.17) is 21.1 Å². The predicted molar refractivity (Wildman–Crippen MR) is 172 cm³/mol. The van der Waals surface area contributed by atoms with Gasteiger partial charge in [-0.05, 0) is 85.0 Å². The highest BCUT2D eigenvalue weighted by molar-refractivity contribution is 6.31. The second kappa shape index (κ2) is 15.9. The molecule has 0 radical (unpaired) electrons. The van der Waals surface area contributed by atoms with Crippen LogP contribution in [0.4, 0.5) is 48.3 Å².